The fourth-order valence-electron chi connectivity index (χ4n) is 3.01. The van der Waals surface area contributed by atoms with Crippen LogP contribution in [-0.2, 0) is 11.3 Å². The minimum Gasteiger partial charge on any atom is -0.340 e. The molecule has 1 amide bonds. The van der Waals surface area contributed by atoms with Crippen LogP contribution in [0.4, 0.5) is 0 Å². The molecule has 6 nitrogen and oxygen atoms in total. The predicted molar refractivity (Wildman–Crippen MR) is 78.8 cm³/mol. The molecule has 6 heteroatoms. The lowest BCUT2D eigenvalue weighted by Gasteiger charge is -2.32. The largest absolute Gasteiger partial charge is 0.340 e. The molecule has 0 aliphatic carbocycles. The van der Waals surface area contributed by atoms with Crippen LogP contribution >= 0.6 is 0 Å². The first-order valence-corrected chi connectivity index (χ1v) is 7.41. The Hall–Kier alpha value is -2.11. The van der Waals surface area contributed by atoms with Gasteiger partial charge in [-0.3, -0.25) is 14.6 Å². The van der Waals surface area contributed by atoms with Crippen molar-refractivity contribution in [2.45, 2.75) is 39.2 Å². The zero-order chi connectivity index (χ0) is 14.8. The number of carbonyl (C=O) groups is 1. The van der Waals surface area contributed by atoms with E-state index in [1.54, 1.807) is 10.9 Å². The number of likely N-dealkylation sites (tertiary alicyclic amines) is 1. The fraction of sp³-hybridized carbons (Fsp3) is 0.533. The van der Waals surface area contributed by atoms with E-state index in [1.165, 1.54) is 0 Å². The summed E-state index contributed by atoms with van der Waals surface area (Å²) in [4.78, 5) is 14.4. The summed E-state index contributed by atoms with van der Waals surface area (Å²) in [5.41, 5.74) is 3.11. The standard InChI is InChI=1S/C15H21N5O/c1-11-8-12(2)20(18-11)10-15(21)19-7-3-4-13(9-19)14-5-6-16-17-14/h5-6,8,13H,3-4,7,9-10H2,1-2H3,(H,16,17)/t13-/m1/s1. The number of piperidine rings is 1. The molecular formula is C15H21N5O. The minimum atomic E-state index is 0.144. The topological polar surface area (TPSA) is 66.8 Å². The summed E-state index contributed by atoms with van der Waals surface area (Å²) in [6, 6.07) is 4.00. The van der Waals surface area contributed by atoms with Crippen molar-refractivity contribution in [1.82, 2.24) is 24.9 Å². The molecule has 112 valence electrons. The molecule has 3 rings (SSSR count). The third-order valence-corrected chi connectivity index (χ3v) is 4.12. The quantitative estimate of drug-likeness (QED) is 0.933. The van der Waals surface area contributed by atoms with Crippen molar-refractivity contribution >= 4 is 5.91 Å². The molecule has 2 aromatic rings. The summed E-state index contributed by atoms with van der Waals surface area (Å²) in [5.74, 6) is 0.510. The highest BCUT2D eigenvalue weighted by atomic mass is 16.2. The Labute approximate surface area is 124 Å². The highest BCUT2D eigenvalue weighted by molar-refractivity contribution is 5.76. The average molecular weight is 287 g/mol. The van der Waals surface area contributed by atoms with Gasteiger partial charge in [-0.2, -0.15) is 10.2 Å². The maximum atomic E-state index is 12.5. The first-order chi connectivity index (χ1) is 10.1. The molecule has 1 saturated heterocycles. The Morgan fingerprint density at radius 1 is 1.48 bits per heavy atom. The van der Waals surface area contributed by atoms with Gasteiger partial charge in [-0.05, 0) is 38.8 Å². The number of nitrogens with one attached hydrogen (secondary N) is 1. The van der Waals surface area contributed by atoms with Crippen LogP contribution in [0.25, 0.3) is 0 Å². The summed E-state index contributed by atoms with van der Waals surface area (Å²) in [6.07, 6.45) is 3.91. The number of H-pyrrole nitrogens is 1. The highest BCUT2D eigenvalue weighted by Gasteiger charge is 2.25. The molecular weight excluding hydrogens is 266 g/mol. The molecule has 1 atom stereocenters. The lowest BCUT2D eigenvalue weighted by Crippen LogP contribution is -2.41. The Morgan fingerprint density at radius 2 is 2.33 bits per heavy atom. The van der Waals surface area contributed by atoms with E-state index in [1.807, 2.05) is 30.9 Å². The van der Waals surface area contributed by atoms with E-state index in [-0.39, 0.29) is 5.91 Å². The van der Waals surface area contributed by atoms with Crippen LogP contribution in [-0.4, -0.2) is 43.9 Å². The number of aromatic nitrogens is 4. The number of carbonyl (C=O) groups excluding carboxylic acids is 1. The van der Waals surface area contributed by atoms with Crippen LogP contribution in [0, 0.1) is 13.8 Å². The van der Waals surface area contributed by atoms with Gasteiger partial charge < -0.3 is 4.90 Å². The number of aryl methyl sites for hydroxylation is 2. The second-order valence-corrected chi connectivity index (χ2v) is 5.78. The molecule has 0 saturated carbocycles. The van der Waals surface area contributed by atoms with Gasteiger partial charge in [-0.1, -0.05) is 0 Å². The van der Waals surface area contributed by atoms with Gasteiger partial charge in [0.05, 0.1) is 5.69 Å². The van der Waals surface area contributed by atoms with Gasteiger partial charge >= 0.3 is 0 Å². The Morgan fingerprint density at radius 3 is 3.00 bits per heavy atom. The molecule has 1 N–H and O–H groups in total. The van der Waals surface area contributed by atoms with Crippen molar-refractivity contribution in [1.29, 1.82) is 0 Å². The maximum absolute atomic E-state index is 12.5. The summed E-state index contributed by atoms with van der Waals surface area (Å²) in [6.45, 7) is 5.86. The summed E-state index contributed by atoms with van der Waals surface area (Å²) >= 11 is 0. The number of amides is 1. The van der Waals surface area contributed by atoms with Gasteiger partial charge in [0, 0.05) is 36.6 Å². The van der Waals surface area contributed by atoms with Crippen LogP contribution in [0.2, 0.25) is 0 Å². The second-order valence-electron chi connectivity index (χ2n) is 5.78. The number of aromatic amines is 1. The fourth-order valence-corrected chi connectivity index (χ4v) is 3.01. The lowest BCUT2D eigenvalue weighted by molar-refractivity contribution is -0.133. The first-order valence-electron chi connectivity index (χ1n) is 7.41. The molecule has 0 aromatic carbocycles. The van der Waals surface area contributed by atoms with Crippen LogP contribution in [0.15, 0.2) is 18.3 Å². The molecule has 0 spiro atoms. The first kappa shape index (κ1) is 13.9. The normalized spacial score (nSPS) is 19.0. The van der Waals surface area contributed by atoms with Crippen LogP contribution in [0.3, 0.4) is 0 Å². The molecule has 0 bridgehead atoms. The van der Waals surface area contributed by atoms with Gasteiger partial charge in [0.1, 0.15) is 6.54 Å². The van der Waals surface area contributed by atoms with E-state index < -0.39 is 0 Å². The predicted octanol–water partition coefficient (Wildman–Crippen LogP) is 1.63. The average Bonchev–Trinajstić information content (AvgIpc) is 3.09. The molecule has 2 aromatic heterocycles. The van der Waals surface area contributed by atoms with Gasteiger partial charge in [-0.15, -0.1) is 0 Å². The minimum absolute atomic E-state index is 0.144. The smallest absolute Gasteiger partial charge is 0.244 e. The van der Waals surface area contributed by atoms with Gasteiger partial charge in [0.15, 0.2) is 0 Å². The van der Waals surface area contributed by atoms with Crippen molar-refractivity contribution in [3.8, 4) is 0 Å². The van der Waals surface area contributed by atoms with Crippen LogP contribution in [0.1, 0.15) is 35.8 Å². The lowest BCUT2D eigenvalue weighted by atomic mass is 9.95. The number of nitrogens with zero attached hydrogens (tertiary/aromatic N) is 4. The van der Waals surface area contributed by atoms with Crippen LogP contribution < -0.4 is 0 Å². The van der Waals surface area contributed by atoms with E-state index in [4.69, 9.17) is 0 Å². The highest BCUT2D eigenvalue weighted by Crippen LogP contribution is 2.25. The van der Waals surface area contributed by atoms with E-state index >= 15 is 0 Å². The third-order valence-electron chi connectivity index (χ3n) is 4.12. The van der Waals surface area contributed by atoms with E-state index in [0.29, 0.717) is 12.5 Å². The van der Waals surface area contributed by atoms with E-state index in [9.17, 15) is 4.79 Å². The van der Waals surface area contributed by atoms with Crippen molar-refractivity contribution in [3.05, 3.63) is 35.4 Å². The zero-order valence-corrected chi connectivity index (χ0v) is 12.5. The molecule has 3 heterocycles. The number of hydrogen-bond acceptors (Lipinski definition) is 3. The van der Waals surface area contributed by atoms with Crippen molar-refractivity contribution < 1.29 is 4.79 Å². The van der Waals surface area contributed by atoms with Crippen molar-refractivity contribution in [3.63, 3.8) is 0 Å². The summed E-state index contributed by atoms with van der Waals surface area (Å²) in [7, 11) is 0. The maximum Gasteiger partial charge on any atom is 0.244 e. The number of rotatable bonds is 3. The van der Waals surface area contributed by atoms with Crippen molar-refractivity contribution in [2.24, 2.45) is 0 Å². The molecule has 0 radical (unpaired) electrons. The Bertz CT molecular complexity index is 616. The molecule has 1 aliphatic heterocycles. The Kier molecular flexibility index (Phi) is 3.77. The Balaban J connectivity index is 1.66. The van der Waals surface area contributed by atoms with Crippen LogP contribution in [0.5, 0.6) is 0 Å². The zero-order valence-electron chi connectivity index (χ0n) is 12.5. The van der Waals surface area contributed by atoms with E-state index in [0.717, 1.165) is 43.0 Å². The number of hydrogen-bond donors (Lipinski definition) is 1. The summed E-state index contributed by atoms with van der Waals surface area (Å²) in [5, 5.41) is 11.4. The molecule has 1 fully saturated rings. The second kappa shape index (κ2) is 5.71. The van der Waals surface area contributed by atoms with Gasteiger partial charge in [0.25, 0.3) is 0 Å². The molecule has 1 aliphatic rings. The third kappa shape index (κ3) is 2.99. The van der Waals surface area contributed by atoms with Gasteiger partial charge in [-0.25, -0.2) is 0 Å². The molecule has 0 unspecified atom stereocenters. The summed E-state index contributed by atoms with van der Waals surface area (Å²) < 4.78 is 1.79. The SMILES string of the molecule is Cc1cc(C)n(CC(=O)N2CCC[C@@H](c3ccn[nH]3)C2)n1. The monoisotopic (exact) mass is 287 g/mol. The van der Waals surface area contributed by atoms with Gasteiger partial charge in [0.2, 0.25) is 5.91 Å². The van der Waals surface area contributed by atoms with Crippen molar-refractivity contribution in [2.75, 3.05) is 13.1 Å². The van der Waals surface area contributed by atoms with E-state index in [2.05, 4.69) is 15.3 Å². The molecule has 21 heavy (non-hydrogen) atoms.